The van der Waals surface area contributed by atoms with E-state index in [0.717, 1.165) is 11.0 Å². The quantitative estimate of drug-likeness (QED) is 0.494. The smallest absolute Gasteiger partial charge is 0.255 e. The lowest BCUT2D eigenvalue weighted by Crippen LogP contribution is -2.25. The standard InChI is InChI=1S/C21H17FN4O3S/c1-29-16-5-2-13(3-6-16)19(27)25-18-10-14(22)4-7-17(18)20(28)23-11-15-12-26-8-9-30-21(26)24-15/h2-10,12H,11H2,1H3,(H,23,28)(H,25,27). The molecule has 0 aliphatic heterocycles. The third-order valence-electron chi connectivity index (χ3n) is 4.40. The first-order chi connectivity index (χ1) is 14.5. The molecular formula is C21H17FN4O3S. The molecule has 0 unspecified atom stereocenters. The van der Waals surface area contributed by atoms with Crippen molar-refractivity contribution in [3.63, 3.8) is 0 Å². The van der Waals surface area contributed by atoms with Gasteiger partial charge in [0.25, 0.3) is 11.8 Å². The summed E-state index contributed by atoms with van der Waals surface area (Å²) in [7, 11) is 1.53. The van der Waals surface area contributed by atoms with Gasteiger partial charge in [0.1, 0.15) is 11.6 Å². The SMILES string of the molecule is COc1ccc(C(=O)Nc2cc(F)ccc2C(=O)NCc2cn3ccsc3n2)cc1. The average Bonchev–Trinajstić information content (AvgIpc) is 3.34. The summed E-state index contributed by atoms with van der Waals surface area (Å²) in [5.74, 6) is -0.870. The molecule has 2 amide bonds. The summed E-state index contributed by atoms with van der Waals surface area (Å²) in [5, 5.41) is 7.27. The zero-order valence-corrected chi connectivity index (χ0v) is 16.7. The number of amides is 2. The van der Waals surface area contributed by atoms with Gasteiger partial charge in [-0.25, -0.2) is 9.37 Å². The van der Waals surface area contributed by atoms with Crippen LogP contribution in [-0.2, 0) is 6.54 Å². The average molecular weight is 424 g/mol. The third-order valence-corrected chi connectivity index (χ3v) is 5.17. The molecule has 0 saturated heterocycles. The number of carbonyl (C=O) groups is 2. The Labute approximate surface area is 175 Å². The van der Waals surface area contributed by atoms with Crippen molar-refractivity contribution in [3.8, 4) is 5.75 Å². The number of rotatable bonds is 6. The second-order valence-corrected chi connectivity index (χ2v) is 7.25. The summed E-state index contributed by atoms with van der Waals surface area (Å²) in [6.45, 7) is 0.205. The van der Waals surface area contributed by atoms with Gasteiger partial charge in [0.05, 0.1) is 30.6 Å². The highest BCUT2D eigenvalue weighted by atomic mass is 32.1. The summed E-state index contributed by atoms with van der Waals surface area (Å²) in [4.78, 5) is 30.4. The van der Waals surface area contributed by atoms with Gasteiger partial charge in [0, 0.05) is 23.3 Å². The monoisotopic (exact) mass is 424 g/mol. The molecule has 4 rings (SSSR count). The number of halogens is 1. The maximum atomic E-state index is 13.8. The lowest BCUT2D eigenvalue weighted by Gasteiger charge is -2.12. The maximum Gasteiger partial charge on any atom is 0.255 e. The Hall–Kier alpha value is -3.72. The van der Waals surface area contributed by atoms with E-state index in [4.69, 9.17) is 4.74 Å². The first kappa shape index (κ1) is 19.6. The molecule has 2 heterocycles. The van der Waals surface area contributed by atoms with Crippen molar-refractivity contribution in [1.82, 2.24) is 14.7 Å². The normalized spacial score (nSPS) is 10.7. The fourth-order valence-electron chi connectivity index (χ4n) is 2.88. The fraction of sp³-hybridized carbons (Fsp3) is 0.0952. The van der Waals surface area contributed by atoms with Crippen LogP contribution in [0.2, 0.25) is 0 Å². The second-order valence-electron chi connectivity index (χ2n) is 6.38. The van der Waals surface area contributed by atoms with E-state index < -0.39 is 17.6 Å². The van der Waals surface area contributed by atoms with Gasteiger partial charge in [0.2, 0.25) is 0 Å². The van der Waals surface area contributed by atoms with E-state index in [9.17, 15) is 14.0 Å². The molecule has 0 aliphatic rings. The molecule has 0 bridgehead atoms. The number of anilines is 1. The van der Waals surface area contributed by atoms with Gasteiger partial charge in [-0.15, -0.1) is 11.3 Å². The van der Waals surface area contributed by atoms with Gasteiger partial charge in [0.15, 0.2) is 4.96 Å². The molecule has 0 fully saturated rings. The Balaban J connectivity index is 1.49. The summed E-state index contributed by atoms with van der Waals surface area (Å²) in [6, 6.07) is 10.1. The van der Waals surface area contributed by atoms with Crippen molar-refractivity contribution in [2.45, 2.75) is 6.54 Å². The van der Waals surface area contributed by atoms with Gasteiger partial charge < -0.3 is 15.4 Å². The number of hydrogen-bond donors (Lipinski definition) is 2. The zero-order valence-electron chi connectivity index (χ0n) is 15.9. The number of ether oxygens (including phenoxy) is 1. The van der Waals surface area contributed by atoms with Crippen molar-refractivity contribution in [1.29, 1.82) is 0 Å². The number of nitrogens with zero attached hydrogens (tertiary/aromatic N) is 2. The maximum absolute atomic E-state index is 13.8. The molecule has 0 radical (unpaired) electrons. The largest absolute Gasteiger partial charge is 0.497 e. The van der Waals surface area contributed by atoms with Crippen LogP contribution in [0.1, 0.15) is 26.4 Å². The van der Waals surface area contributed by atoms with E-state index in [0.29, 0.717) is 17.0 Å². The number of benzene rings is 2. The number of methoxy groups -OCH3 is 1. The van der Waals surface area contributed by atoms with Gasteiger partial charge in [-0.05, 0) is 42.5 Å². The van der Waals surface area contributed by atoms with E-state index in [2.05, 4.69) is 15.6 Å². The minimum atomic E-state index is -0.564. The molecule has 0 saturated carbocycles. The summed E-state index contributed by atoms with van der Waals surface area (Å²) < 4.78 is 20.7. The molecule has 9 heteroatoms. The summed E-state index contributed by atoms with van der Waals surface area (Å²) in [6.07, 6.45) is 3.70. The molecule has 2 N–H and O–H groups in total. The zero-order chi connectivity index (χ0) is 21.1. The van der Waals surface area contributed by atoms with Crippen LogP contribution in [0.4, 0.5) is 10.1 Å². The highest BCUT2D eigenvalue weighted by molar-refractivity contribution is 7.15. The summed E-state index contributed by atoms with van der Waals surface area (Å²) >= 11 is 1.49. The van der Waals surface area contributed by atoms with Gasteiger partial charge in [-0.1, -0.05) is 0 Å². The molecule has 0 atom stereocenters. The van der Waals surface area contributed by atoms with Crippen LogP contribution in [0.5, 0.6) is 5.75 Å². The predicted molar refractivity (Wildman–Crippen MR) is 112 cm³/mol. The molecule has 2 aromatic heterocycles. The van der Waals surface area contributed by atoms with E-state index in [1.54, 1.807) is 24.3 Å². The molecule has 2 aromatic carbocycles. The van der Waals surface area contributed by atoms with Gasteiger partial charge in [-0.3, -0.25) is 14.0 Å². The number of aromatic nitrogens is 2. The van der Waals surface area contributed by atoms with E-state index in [-0.39, 0.29) is 17.8 Å². The molecule has 30 heavy (non-hydrogen) atoms. The molecule has 0 spiro atoms. The number of thiazole rings is 1. The fourth-order valence-corrected chi connectivity index (χ4v) is 3.60. The van der Waals surface area contributed by atoms with Crippen molar-refractivity contribution in [3.05, 3.63) is 82.9 Å². The number of carbonyl (C=O) groups excluding carboxylic acids is 2. The van der Waals surface area contributed by atoms with Crippen LogP contribution in [0.3, 0.4) is 0 Å². The van der Waals surface area contributed by atoms with Crippen LogP contribution < -0.4 is 15.4 Å². The molecule has 4 aromatic rings. The van der Waals surface area contributed by atoms with Gasteiger partial charge in [-0.2, -0.15) is 0 Å². The Bertz CT molecular complexity index is 1190. The predicted octanol–water partition coefficient (Wildman–Crippen LogP) is 3.73. The Morgan fingerprint density at radius 1 is 1.17 bits per heavy atom. The molecule has 152 valence electrons. The topological polar surface area (TPSA) is 84.7 Å². The van der Waals surface area contributed by atoms with E-state index in [1.165, 1.54) is 30.6 Å². The van der Waals surface area contributed by atoms with E-state index >= 15 is 0 Å². The van der Waals surface area contributed by atoms with Crippen LogP contribution in [0.25, 0.3) is 4.96 Å². The second kappa shape index (κ2) is 8.34. The minimum absolute atomic E-state index is 0.0825. The number of nitrogens with one attached hydrogen (secondary N) is 2. The third kappa shape index (κ3) is 4.15. The lowest BCUT2D eigenvalue weighted by molar-refractivity contribution is 0.0951. The first-order valence-electron chi connectivity index (χ1n) is 8.98. The minimum Gasteiger partial charge on any atom is -0.497 e. The Morgan fingerprint density at radius 2 is 1.97 bits per heavy atom. The van der Waals surface area contributed by atoms with Gasteiger partial charge >= 0.3 is 0 Å². The van der Waals surface area contributed by atoms with Crippen molar-refractivity contribution >= 4 is 33.8 Å². The van der Waals surface area contributed by atoms with Crippen LogP contribution in [0.15, 0.2) is 60.2 Å². The number of fused-ring (bicyclic) bond motifs is 1. The van der Waals surface area contributed by atoms with Crippen LogP contribution >= 0.6 is 11.3 Å². The van der Waals surface area contributed by atoms with Crippen molar-refractivity contribution in [2.75, 3.05) is 12.4 Å². The highest BCUT2D eigenvalue weighted by Gasteiger charge is 2.16. The molecular weight excluding hydrogens is 407 g/mol. The lowest BCUT2D eigenvalue weighted by atomic mass is 10.1. The first-order valence-corrected chi connectivity index (χ1v) is 9.85. The molecule has 7 nitrogen and oxygen atoms in total. The number of imidazole rings is 1. The van der Waals surface area contributed by atoms with E-state index in [1.807, 2.05) is 22.2 Å². The van der Waals surface area contributed by atoms with Crippen LogP contribution in [-0.4, -0.2) is 28.3 Å². The number of hydrogen-bond acceptors (Lipinski definition) is 5. The van der Waals surface area contributed by atoms with Crippen molar-refractivity contribution in [2.24, 2.45) is 0 Å². The van der Waals surface area contributed by atoms with Crippen molar-refractivity contribution < 1.29 is 18.7 Å². The Kier molecular flexibility index (Phi) is 5.44. The Morgan fingerprint density at radius 3 is 2.70 bits per heavy atom. The molecule has 0 aliphatic carbocycles. The highest BCUT2D eigenvalue weighted by Crippen LogP contribution is 2.20. The summed E-state index contributed by atoms with van der Waals surface area (Å²) in [5.41, 5.74) is 1.28. The van der Waals surface area contributed by atoms with Crippen LogP contribution in [0, 0.1) is 5.82 Å².